The minimum atomic E-state index is -1.46. The van der Waals surface area contributed by atoms with Gasteiger partial charge >= 0.3 is 0 Å². The van der Waals surface area contributed by atoms with Crippen molar-refractivity contribution in [3.63, 3.8) is 0 Å². The highest BCUT2D eigenvalue weighted by molar-refractivity contribution is 6.73. The quantitative estimate of drug-likeness (QED) is 0.358. The number of hydrogen-bond donors (Lipinski definition) is 0. The molecule has 0 aliphatic carbocycles. The molecule has 0 bridgehead atoms. The molecule has 82 valence electrons. The fourth-order valence-electron chi connectivity index (χ4n) is 1.57. The maximum atomic E-state index is 6.19. The zero-order valence-corrected chi connectivity index (χ0v) is 11.3. The van der Waals surface area contributed by atoms with E-state index in [4.69, 9.17) is 4.43 Å². The second-order valence-electron chi connectivity index (χ2n) is 3.54. The van der Waals surface area contributed by atoms with E-state index >= 15 is 0 Å². The van der Waals surface area contributed by atoms with Crippen LogP contribution >= 0.6 is 0 Å². The van der Waals surface area contributed by atoms with E-state index in [1.165, 1.54) is 18.1 Å². The van der Waals surface area contributed by atoms with Crippen LogP contribution in [-0.2, 0) is 4.43 Å². The van der Waals surface area contributed by atoms with Crippen LogP contribution in [0.3, 0.4) is 0 Å². The molecule has 0 heterocycles. The van der Waals surface area contributed by atoms with Crippen molar-refractivity contribution in [3.8, 4) is 0 Å². The maximum absolute atomic E-state index is 6.19. The molecule has 0 rings (SSSR count). The van der Waals surface area contributed by atoms with Crippen molar-refractivity contribution in [2.75, 3.05) is 0 Å². The molecule has 2 heteroatoms. The molecular formula is C12H24OSi. The molecule has 14 heavy (non-hydrogen) atoms. The summed E-state index contributed by atoms with van der Waals surface area (Å²) in [6.07, 6.45) is 6.15. The fourth-order valence-corrected chi connectivity index (χ4v) is 4.19. The third-order valence-electron chi connectivity index (χ3n) is 2.88. The summed E-state index contributed by atoms with van der Waals surface area (Å²) in [5.41, 5.74) is 0. The molecular weight excluding hydrogens is 188 g/mol. The van der Waals surface area contributed by atoms with Crippen LogP contribution in [-0.4, -0.2) is 8.32 Å². The standard InChI is InChI=1S/C12H24OSi/c1-6-11-12(7-2)13-14(8-3,9-4)10-5/h6-7,11H,8-10H2,1-5H3/b11-6+,12-7-. The normalized spacial score (nSPS) is 13.6. The highest BCUT2D eigenvalue weighted by Crippen LogP contribution is 2.24. The molecule has 0 atom stereocenters. The van der Waals surface area contributed by atoms with Crippen molar-refractivity contribution in [2.24, 2.45) is 0 Å². The Morgan fingerprint density at radius 2 is 1.57 bits per heavy atom. The van der Waals surface area contributed by atoms with Crippen molar-refractivity contribution in [2.45, 2.75) is 52.8 Å². The summed E-state index contributed by atoms with van der Waals surface area (Å²) < 4.78 is 6.19. The third-order valence-corrected chi connectivity index (χ3v) is 7.42. The lowest BCUT2D eigenvalue weighted by molar-refractivity contribution is 0.421. The van der Waals surface area contributed by atoms with E-state index < -0.39 is 8.32 Å². The molecule has 0 amide bonds. The first-order chi connectivity index (χ1) is 6.67. The van der Waals surface area contributed by atoms with Crippen LogP contribution in [0.25, 0.3) is 0 Å². The first-order valence-corrected chi connectivity index (χ1v) is 8.19. The van der Waals surface area contributed by atoms with Gasteiger partial charge in [-0.1, -0.05) is 26.8 Å². The summed E-state index contributed by atoms with van der Waals surface area (Å²) in [7, 11) is -1.46. The molecule has 0 aliphatic heterocycles. The Balaban J connectivity index is 4.57. The van der Waals surface area contributed by atoms with Crippen LogP contribution in [0.5, 0.6) is 0 Å². The average Bonchev–Trinajstić information content (AvgIpc) is 2.25. The monoisotopic (exact) mass is 212 g/mol. The smallest absolute Gasteiger partial charge is 0.250 e. The Morgan fingerprint density at radius 3 is 1.86 bits per heavy atom. The highest BCUT2D eigenvalue weighted by Gasteiger charge is 2.30. The van der Waals surface area contributed by atoms with Crippen molar-refractivity contribution in [1.29, 1.82) is 0 Å². The number of allylic oxidation sites excluding steroid dienone is 3. The van der Waals surface area contributed by atoms with Gasteiger partial charge in [0.2, 0.25) is 8.32 Å². The zero-order valence-electron chi connectivity index (χ0n) is 10.3. The van der Waals surface area contributed by atoms with E-state index in [1.54, 1.807) is 0 Å². The second kappa shape index (κ2) is 6.88. The SMILES string of the molecule is C/C=C(/C=C/C)O[Si](CC)(CC)CC. The average molecular weight is 212 g/mol. The third kappa shape index (κ3) is 3.70. The summed E-state index contributed by atoms with van der Waals surface area (Å²) >= 11 is 0. The van der Waals surface area contributed by atoms with Crippen molar-refractivity contribution >= 4 is 8.32 Å². The van der Waals surface area contributed by atoms with Gasteiger partial charge in [-0.2, -0.15) is 0 Å². The van der Waals surface area contributed by atoms with Gasteiger partial charge in [0.1, 0.15) is 0 Å². The van der Waals surface area contributed by atoms with Gasteiger partial charge in [0, 0.05) is 0 Å². The fraction of sp³-hybridized carbons (Fsp3) is 0.667. The molecule has 0 saturated heterocycles. The van der Waals surface area contributed by atoms with Gasteiger partial charge in [-0.3, -0.25) is 0 Å². The minimum Gasteiger partial charge on any atom is -0.544 e. The van der Waals surface area contributed by atoms with E-state index in [2.05, 4.69) is 32.9 Å². The summed E-state index contributed by atoms with van der Waals surface area (Å²) in [5.74, 6) is 1.05. The van der Waals surface area contributed by atoms with Gasteiger partial charge in [-0.05, 0) is 44.1 Å². The maximum Gasteiger partial charge on any atom is 0.250 e. The molecule has 0 unspecified atom stereocenters. The Labute approximate surface area is 90.0 Å². The van der Waals surface area contributed by atoms with Gasteiger partial charge < -0.3 is 4.43 Å². The lowest BCUT2D eigenvalue weighted by atomic mass is 10.4. The Morgan fingerprint density at radius 1 is 1.07 bits per heavy atom. The molecule has 0 aromatic carbocycles. The molecule has 0 spiro atoms. The van der Waals surface area contributed by atoms with E-state index in [0.29, 0.717) is 0 Å². The van der Waals surface area contributed by atoms with Crippen LogP contribution in [0, 0.1) is 0 Å². The summed E-state index contributed by atoms with van der Waals surface area (Å²) in [6.45, 7) is 10.8. The van der Waals surface area contributed by atoms with E-state index in [0.717, 1.165) is 5.76 Å². The largest absolute Gasteiger partial charge is 0.544 e. The zero-order chi connectivity index (χ0) is 11.0. The van der Waals surface area contributed by atoms with Crippen molar-refractivity contribution in [1.82, 2.24) is 0 Å². The van der Waals surface area contributed by atoms with Gasteiger partial charge in [-0.25, -0.2) is 0 Å². The van der Waals surface area contributed by atoms with Crippen LogP contribution < -0.4 is 0 Å². The molecule has 0 aromatic rings. The lowest BCUT2D eigenvalue weighted by Crippen LogP contribution is -2.35. The Kier molecular flexibility index (Phi) is 6.63. The Hall–Kier alpha value is -0.503. The van der Waals surface area contributed by atoms with Crippen molar-refractivity contribution < 1.29 is 4.43 Å². The summed E-state index contributed by atoms with van der Waals surface area (Å²) in [5, 5.41) is 0. The highest BCUT2D eigenvalue weighted by atomic mass is 28.4. The van der Waals surface area contributed by atoms with Crippen LogP contribution in [0.1, 0.15) is 34.6 Å². The number of rotatable bonds is 6. The Bertz CT molecular complexity index is 194. The van der Waals surface area contributed by atoms with E-state index in [1.807, 2.05) is 19.9 Å². The molecule has 0 saturated carbocycles. The van der Waals surface area contributed by atoms with E-state index in [9.17, 15) is 0 Å². The lowest BCUT2D eigenvalue weighted by Gasteiger charge is -2.29. The summed E-state index contributed by atoms with van der Waals surface area (Å²) in [6, 6.07) is 3.61. The summed E-state index contributed by atoms with van der Waals surface area (Å²) in [4.78, 5) is 0. The molecule has 0 radical (unpaired) electrons. The molecule has 0 N–H and O–H groups in total. The van der Waals surface area contributed by atoms with E-state index in [-0.39, 0.29) is 0 Å². The predicted octanol–water partition coefficient (Wildman–Crippen LogP) is 4.49. The van der Waals surface area contributed by atoms with Gasteiger partial charge in [0.15, 0.2) is 0 Å². The first kappa shape index (κ1) is 13.5. The van der Waals surface area contributed by atoms with Gasteiger partial charge in [0.05, 0.1) is 5.76 Å². The number of hydrogen-bond acceptors (Lipinski definition) is 1. The molecule has 0 aromatic heterocycles. The van der Waals surface area contributed by atoms with Crippen LogP contribution in [0.4, 0.5) is 0 Å². The molecule has 0 fully saturated rings. The molecule has 1 nitrogen and oxygen atoms in total. The predicted molar refractivity (Wildman–Crippen MR) is 66.9 cm³/mol. The molecule has 0 aliphatic rings. The van der Waals surface area contributed by atoms with Crippen LogP contribution in [0.2, 0.25) is 18.1 Å². The second-order valence-corrected chi connectivity index (χ2v) is 8.23. The van der Waals surface area contributed by atoms with Crippen molar-refractivity contribution in [3.05, 3.63) is 24.0 Å². The van der Waals surface area contributed by atoms with Gasteiger partial charge in [-0.15, -0.1) is 0 Å². The minimum absolute atomic E-state index is 1.05. The van der Waals surface area contributed by atoms with Gasteiger partial charge in [0.25, 0.3) is 0 Å². The topological polar surface area (TPSA) is 9.23 Å². The van der Waals surface area contributed by atoms with Crippen LogP contribution in [0.15, 0.2) is 24.0 Å². The first-order valence-electron chi connectivity index (χ1n) is 5.66.